The lowest BCUT2D eigenvalue weighted by Crippen LogP contribution is -2.47. The number of sulfonamides is 1. The van der Waals surface area contributed by atoms with E-state index in [1.165, 1.54) is 13.0 Å². The number of carbonyl (C=O) groups is 1. The fourth-order valence-corrected chi connectivity index (χ4v) is 6.25. The summed E-state index contributed by atoms with van der Waals surface area (Å²) in [7, 11) is -0.0559. The molecule has 1 aromatic carbocycles. The van der Waals surface area contributed by atoms with Crippen LogP contribution in [0, 0.1) is 19.8 Å². The van der Waals surface area contributed by atoms with Gasteiger partial charge in [0.05, 0.1) is 30.4 Å². The number of fused-ring (bicyclic) bond motifs is 1. The van der Waals surface area contributed by atoms with Crippen LogP contribution in [0.15, 0.2) is 27.6 Å². The number of amides is 1. The van der Waals surface area contributed by atoms with E-state index in [0.29, 0.717) is 25.4 Å². The van der Waals surface area contributed by atoms with E-state index >= 15 is 0 Å². The van der Waals surface area contributed by atoms with Gasteiger partial charge in [0, 0.05) is 31.3 Å². The summed E-state index contributed by atoms with van der Waals surface area (Å²) in [4.78, 5) is 17.8. The number of ether oxygens (including phenoxy) is 2. The van der Waals surface area contributed by atoms with E-state index in [2.05, 4.69) is 14.8 Å². The van der Waals surface area contributed by atoms with Crippen molar-refractivity contribution < 1.29 is 32.3 Å². The van der Waals surface area contributed by atoms with Crippen LogP contribution < -0.4 is 9.46 Å². The molecule has 1 amide bonds. The normalized spacial score (nSPS) is 22.4. The van der Waals surface area contributed by atoms with Crippen LogP contribution in [0.5, 0.6) is 5.75 Å². The fraction of sp³-hybridized carbons (Fsp3) is 0.643. The van der Waals surface area contributed by atoms with Gasteiger partial charge in [0.2, 0.25) is 0 Å². The van der Waals surface area contributed by atoms with E-state index in [9.17, 15) is 18.3 Å². The van der Waals surface area contributed by atoms with Gasteiger partial charge >= 0.3 is 0 Å². The molecule has 0 fully saturated rings. The number of aliphatic hydroxyl groups excluding tert-OH is 1. The van der Waals surface area contributed by atoms with Gasteiger partial charge in [-0.1, -0.05) is 12.1 Å². The maximum atomic E-state index is 14.1. The fourth-order valence-electron chi connectivity index (χ4n) is 4.87. The quantitative estimate of drug-likeness (QED) is 0.505. The van der Waals surface area contributed by atoms with Crippen molar-refractivity contribution in [1.29, 1.82) is 0 Å². The molecule has 224 valence electrons. The topological polar surface area (TPSA) is 134 Å². The van der Waals surface area contributed by atoms with Gasteiger partial charge in [-0.3, -0.25) is 9.52 Å². The zero-order valence-electron chi connectivity index (χ0n) is 24.6. The first-order valence-electron chi connectivity index (χ1n) is 13.8. The molecule has 12 heteroatoms. The summed E-state index contributed by atoms with van der Waals surface area (Å²) in [6, 6.07) is 4.18. The van der Waals surface area contributed by atoms with Gasteiger partial charge in [-0.2, -0.15) is 0 Å². The molecule has 3 rings (SSSR count). The molecule has 1 aliphatic rings. The largest absolute Gasteiger partial charge is 0.490 e. The summed E-state index contributed by atoms with van der Waals surface area (Å²) in [5, 5.41) is 13.8. The van der Waals surface area contributed by atoms with Crippen LogP contribution >= 0.6 is 0 Å². The average Bonchev–Trinajstić information content (AvgIpc) is 3.23. The molecule has 2 N–H and O–H groups in total. The van der Waals surface area contributed by atoms with Crippen LogP contribution in [0.25, 0.3) is 0 Å². The molecular weight excluding hydrogens is 536 g/mol. The van der Waals surface area contributed by atoms with Crippen molar-refractivity contribution in [3.63, 3.8) is 0 Å². The monoisotopic (exact) mass is 580 g/mol. The number of aromatic nitrogens is 1. The summed E-state index contributed by atoms with van der Waals surface area (Å²) < 4.78 is 46.4. The molecule has 1 aliphatic heterocycles. The molecule has 0 saturated carbocycles. The van der Waals surface area contributed by atoms with Crippen molar-refractivity contribution in [2.75, 3.05) is 45.1 Å². The second-order valence-electron chi connectivity index (χ2n) is 11.0. The third-order valence-corrected chi connectivity index (χ3v) is 8.71. The van der Waals surface area contributed by atoms with Crippen LogP contribution in [0.4, 0.5) is 5.69 Å². The van der Waals surface area contributed by atoms with Gasteiger partial charge in [0.15, 0.2) is 10.7 Å². The zero-order valence-corrected chi connectivity index (χ0v) is 25.5. The predicted molar refractivity (Wildman–Crippen MR) is 152 cm³/mol. The van der Waals surface area contributed by atoms with E-state index in [-0.39, 0.29) is 58.2 Å². The lowest BCUT2D eigenvalue weighted by atomic mass is 10.0. The summed E-state index contributed by atoms with van der Waals surface area (Å²) in [6.07, 6.45) is 2.26. The third-order valence-electron chi connectivity index (χ3n) is 7.09. The summed E-state index contributed by atoms with van der Waals surface area (Å²) in [5.41, 5.74) is 0.645. The molecule has 0 unspecified atom stereocenters. The third kappa shape index (κ3) is 7.96. The highest BCUT2D eigenvalue weighted by atomic mass is 32.2. The Bertz CT molecular complexity index is 1230. The Labute approximate surface area is 237 Å². The molecule has 0 radical (unpaired) electrons. The van der Waals surface area contributed by atoms with E-state index in [0.717, 1.165) is 19.3 Å². The van der Waals surface area contributed by atoms with Gasteiger partial charge in [0.1, 0.15) is 11.4 Å². The Kier molecular flexibility index (Phi) is 11.0. The lowest BCUT2D eigenvalue weighted by Gasteiger charge is -2.35. The Morgan fingerprint density at radius 1 is 1.23 bits per heavy atom. The highest BCUT2D eigenvalue weighted by molar-refractivity contribution is 7.92. The molecule has 1 aromatic heterocycles. The Balaban J connectivity index is 2.04. The molecule has 0 spiro atoms. The highest BCUT2D eigenvalue weighted by Crippen LogP contribution is 2.30. The number of benzene rings is 1. The Morgan fingerprint density at radius 3 is 2.58 bits per heavy atom. The Hall–Kier alpha value is -2.67. The average molecular weight is 581 g/mol. The molecule has 4 atom stereocenters. The van der Waals surface area contributed by atoms with Crippen molar-refractivity contribution in [2.24, 2.45) is 5.92 Å². The van der Waals surface area contributed by atoms with Crippen molar-refractivity contribution in [2.45, 2.75) is 77.0 Å². The molecule has 11 nitrogen and oxygen atoms in total. The number of aryl methyl sites for hydroxylation is 2. The highest BCUT2D eigenvalue weighted by Gasteiger charge is 2.31. The van der Waals surface area contributed by atoms with Crippen molar-refractivity contribution in [1.82, 2.24) is 15.0 Å². The van der Waals surface area contributed by atoms with E-state index in [1.54, 1.807) is 30.9 Å². The van der Waals surface area contributed by atoms with E-state index in [1.807, 2.05) is 27.9 Å². The minimum atomic E-state index is -4.03. The molecule has 2 heterocycles. The number of nitrogens with one attached hydrogen (secondary N) is 1. The first-order valence-corrected chi connectivity index (χ1v) is 15.3. The number of aliphatic hydroxyl groups is 1. The van der Waals surface area contributed by atoms with E-state index in [4.69, 9.17) is 14.0 Å². The van der Waals surface area contributed by atoms with Crippen LogP contribution in [0.3, 0.4) is 0 Å². The molecule has 0 aliphatic carbocycles. The first-order chi connectivity index (χ1) is 18.8. The summed E-state index contributed by atoms with van der Waals surface area (Å²) in [6.45, 7) is 10.3. The second-order valence-corrected chi connectivity index (χ2v) is 12.7. The number of anilines is 1. The van der Waals surface area contributed by atoms with Gasteiger partial charge in [0.25, 0.3) is 15.9 Å². The molecular formula is C28H44N4O7S. The van der Waals surface area contributed by atoms with Crippen molar-refractivity contribution >= 4 is 21.6 Å². The van der Waals surface area contributed by atoms with Crippen LogP contribution in [-0.4, -0.2) is 93.0 Å². The van der Waals surface area contributed by atoms with E-state index < -0.39 is 16.1 Å². The molecule has 0 saturated heterocycles. The molecule has 0 bridgehead atoms. The molecule has 40 heavy (non-hydrogen) atoms. The minimum absolute atomic E-state index is 0.0344. The number of likely N-dealkylation sites (N-methyl/N-ethyl adjacent to an activating group) is 1. The van der Waals surface area contributed by atoms with Crippen LogP contribution in [0.2, 0.25) is 0 Å². The number of carbonyl (C=O) groups excluding carboxylic acids is 1. The summed E-state index contributed by atoms with van der Waals surface area (Å²) >= 11 is 0. The summed E-state index contributed by atoms with van der Waals surface area (Å²) in [5.74, 6) is 0.129. The number of rotatable bonds is 7. The Morgan fingerprint density at radius 2 is 1.95 bits per heavy atom. The van der Waals surface area contributed by atoms with Gasteiger partial charge < -0.3 is 28.9 Å². The van der Waals surface area contributed by atoms with Crippen molar-refractivity contribution in [3.05, 3.63) is 35.2 Å². The number of nitrogens with zero attached hydrogens (tertiary/aromatic N) is 3. The maximum absolute atomic E-state index is 14.1. The smallest absolute Gasteiger partial charge is 0.267 e. The molecule has 2 aromatic rings. The van der Waals surface area contributed by atoms with Gasteiger partial charge in [-0.15, -0.1) is 0 Å². The lowest BCUT2D eigenvalue weighted by molar-refractivity contribution is -0.0137. The number of hydrogen-bond acceptors (Lipinski definition) is 9. The zero-order chi connectivity index (χ0) is 29.6. The van der Waals surface area contributed by atoms with Gasteiger partial charge in [-0.25, -0.2) is 8.42 Å². The van der Waals surface area contributed by atoms with Crippen molar-refractivity contribution in [3.8, 4) is 5.75 Å². The van der Waals surface area contributed by atoms with Crippen LogP contribution in [0.1, 0.15) is 61.8 Å². The standard InChI is InChI=1S/C28H44N4O7S/c1-18-15-32(19(2)17-33)28(34)24-14-23(30-40(35,36)27-21(4)29-39-22(27)5)11-12-25(24)38-20(3)10-8-9-13-37-26(18)16-31(6)7/h11-12,14,18-20,26,30,33H,8-10,13,15-17H2,1-7H3/t18-,19-,20-,26+/m1/s1. The maximum Gasteiger partial charge on any atom is 0.267 e. The predicted octanol–water partition coefficient (Wildman–Crippen LogP) is 3.45. The first kappa shape index (κ1) is 31.9. The minimum Gasteiger partial charge on any atom is -0.490 e. The van der Waals surface area contributed by atoms with Crippen LogP contribution in [-0.2, 0) is 14.8 Å². The van der Waals surface area contributed by atoms with Gasteiger partial charge in [-0.05, 0) is 79.3 Å². The number of hydrogen-bond donors (Lipinski definition) is 2. The SMILES string of the molecule is Cc1noc(C)c1S(=O)(=O)Nc1ccc2c(c1)C(=O)N([C@H](C)CO)C[C@@H](C)[C@H](CN(C)C)OCCCC[C@@H](C)O2. The second kappa shape index (κ2) is 13.8.